The smallest absolute Gasteiger partial charge is 0.243 e. The number of benzene rings is 1. The summed E-state index contributed by atoms with van der Waals surface area (Å²) in [4.78, 5) is 10.6. The Labute approximate surface area is 183 Å². The van der Waals surface area contributed by atoms with Gasteiger partial charge < -0.3 is 4.90 Å². The quantitative estimate of drug-likeness (QED) is 0.660. The van der Waals surface area contributed by atoms with Crippen LogP contribution < -0.4 is 4.90 Å². The monoisotopic (exact) mass is 465 g/mol. The number of hydrogen-bond acceptors (Lipinski definition) is 7. The number of hydrogen-bond donors (Lipinski definition) is 0. The molecule has 0 spiro atoms. The topological polar surface area (TPSA) is 104 Å². The summed E-state index contributed by atoms with van der Waals surface area (Å²) in [5.74, 6) is 0.584. The molecule has 1 atom stereocenters. The van der Waals surface area contributed by atoms with Crippen molar-refractivity contribution in [2.75, 3.05) is 37.6 Å². The molecular weight excluding hydrogens is 438 g/mol. The van der Waals surface area contributed by atoms with Gasteiger partial charge in [0.2, 0.25) is 26.0 Å². The van der Waals surface area contributed by atoms with E-state index in [-0.39, 0.29) is 15.8 Å². The number of aromatic nitrogens is 2. The Morgan fingerprint density at radius 1 is 0.806 bits per heavy atom. The Bertz CT molecular complexity index is 1100. The highest BCUT2D eigenvalue weighted by atomic mass is 32.2. The molecule has 2 aromatic rings. The van der Waals surface area contributed by atoms with Crippen LogP contribution in [0.15, 0.2) is 52.5 Å². The average Bonchev–Trinajstić information content (AvgIpc) is 2.80. The molecule has 31 heavy (non-hydrogen) atoms. The van der Waals surface area contributed by atoms with Crippen molar-refractivity contribution >= 4 is 26.0 Å². The van der Waals surface area contributed by atoms with Gasteiger partial charge in [-0.2, -0.15) is 8.61 Å². The van der Waals surface area contributed by atoms with E-state index in [1.165, 1.54) is 32.9 Å². The lowest BCUT2D eigenvalue weighted by atomic mass is 10.1. The molecule has 1 aromatic carbocycles. The van der Waals surface area contributed by atoms with Gasteiger partial charge in [-0.05, 0) is 50.1 Å². The minimum absolute atomic E-state index is 0.0490. The van der Waals surface area contributed by atoms with E-state index in [2.05, 4.69) is 9.97 Å². The molecule has 0 aliphatic carbocycles. The molecule has 0 unspecified atom stereocenters. The van der Waals surface area contributed by atoms with Crippen molar-refractivity contribution in [2.45, 2.75) is 42.0 Å². The minimum Gasteiger partial charge on any atom is -0.338 e. The van der Waals surface area contributed by atoms with Crippen LogP contribution in [0, 0.1) is 0 Å². The fourth-order valence-corrected chi connectivity index (χ4v) is 7.20. The van der Waals surface area contributed by atoms with Crippen LogP contribution in [0.1, 0.15) is 26.2 Å². The van der Waals surface area contributed by atoms with Crippen LogP contribution in [-0.2, 0) is 20.0 Å². The van der Waals surface area contributed by atoms with Crippen LogP contribution in [0.4, 0.5) is 5.95 Å². The zero-order valence-corrected chi connectivity index (χ0v) is 19.1. The second kappa shape index (κ2) is 8.81. The number of piperidine rings is 1. The molecule has 2 aliphatic heterocycles. The molecule has 0 amide bonds. The van der Waals surface area contributed by atoms with E-state index in [9.17, 15) is 16.8 Å². The molecule has 2 aliphatic rings. The first-order valence-corrected chi connectivity index (χ1v) is 13.3. The normalized spacial score (nSPS) is 21.8. The summed E-state index contributed by atoms with van der Waals surface area (Å²) in [7, 11) is -7.34. The molecule has 0 N–H and O–H groups in total. The van der Waals surface area contributed by atoms with E-state index in [4.69, 9.17) is 0 Å². The maximum absolute atomic E-state index is 13.1. The minimum atomic E-state index is -3.71. The van der Waals surface area contributed by atoms with E-state index < -0.39 is 20.0 Å². The van der Waals surface area contributed by atoms with E-state index in [0.29, 0.717) is 38.7 Å². The third-order valence-corrected chi connectivity index (χ3v) is 9.82. The second-order valence-corrected chi connectivity index (χ2v) is 11.7. The van der Waals surface area contributed by atoms with Gasteiger partial charge in [0.1, 0.15) is 0 Å². The first-order chi connectivity index (χ1) is 14.8. The predicted octanol–water partition coefficient (Wildman–Crippen LogP) is 1.55. The number of anilines is 1. The van der Waals surface area contributed by atoms with Crippen LogP contribution in [-0.4, -0.2) is 74.2 Å². The summed E-state index contributed by atoms with van der Waals surface area (Å²) in [6, 6.07) is 7.27. The van der Waals surface area contributed by atoms with Crippen molar-refractivity contribution in [1.29, 1.82) is 0 Å². The van der Waals surface area contributed by atoms with Gasteiger partial charge in [0, 0.05) is 51.2 Å². The molecule has 168 valence electrons. The Morgan fingerprint density at radius 2 is 1.39 bits per heavy atom. The van der Waals surface area contributed by atoms with Crippen molar-refractivity contribution < 1.29 is 16.8 Å². The fourth-order valence-electron chi connectivity index (χ4n) is 4.08. The standard InChI is InChI=1S/C20H27N5O4S2/c1-17-5-2-3-12-25(17)31(28,29)19-8-6-18(7-9-19)30(26,27)24-15-13-23(14-16-24)20-21-10-4-11-22-20/h4,6-11,17H,2-3,5,12-16H2,1H3/t17-/m0/s1. The van der Waals surface area contributed by atoms with Gasteiger partial charge in [-0.3, -0.25) is 0 Å². The van der Waals surface area contributed by atoms with Gasteiger partial charge in [0.25, 0.3) is 0 Å². The SMILES string of the molecule is C[C@H]1CCCCN1S(=O)(=O)c1ccc(S(=O)(=O)N2CCN(c3ncccn3)CC2)cc1. The molecule has 0 bridgehead atoms. The molecule has 2 saturated heterocycles. The number of piperazine rings is 1. The zero-order valence-electron chi connectivity index (χ0n) is 17.5. The van der Waals surface area contributed by atoms with Gasteiger partial charge in [-0.15, -0.1) is 0 Å². The predicted molar refractivity (Wildman–Crippen MR) is 117 cm³/mol. The lowest BCUT2D eigenvalue weighted by Gasteiger charge is -2.34. The maximum Gasteiger partial charge on any atom is 0.243 e. The van der Waals surface area contributed by atoms with Gasteiger partial charge in [-0.1, -0.05) is 6.42 Å². The lowest BCUT2D eigenvalue weighted by Crippen LogP contribution is -2.49. The zero-order chi connectivity index (χ0) is 22.1. The summed E-state index contributed by atoms with van der Waals surface area (Å²) in [5, 5.41) is 0. The van der Waals surface area contributed by atoms with Crippen LogP contribution in [0.2, 0.25) is 0 Å². The van der Waals surface area contributed by atoms with E-state index >= 15 is 0 Å². The number of nitrogens with zero attached hydrogens (tertiary/aromatic N) is 5. The van der Waals surface area contributed by atoms with Gasteiger partial charge in [0.15, 0.2) is 0 Å². The largest absolute Gasteiger partial charge is 0.338 e. The molecule has 0 saturated carbocycles. The molecule has 4 rings (SSSR count). The molecule has 0 radical (unpaired) electrons. The highest BCUT2D eigenvalue weighted by Gasteiger charge is 2.32. The van der Waals surface area contributed by atoms with Crippen molar-refractivity contribution in [3.8, 4) is 0 Å². The maximum atomic E-state index is 13.1. The van der Waals surface area contributed by atoms with Gasteiger partial charge in [0.05, 0.1) is 9.79 Å². The number of rotatable bonds is 5. The average molecular weight is 466 g/mol. The molecular formula is C20H27N5O4S2. The summed E-state index contributed by atoms with van der Waals surface area (Å²) < 4.78 is 55.0. The van der Waals surface area contributed by atoms with E-state index in [1.54, 1.807) is 18.5 Å². The summed E-state index contributed by atoms with van der Waals surface area (Å²) in [5.41, 5.74) is 0. The highest BCUT2D eigenvalue weighted by molar-refractivity contribution is 7.89. The Balaban J connectivity index is 1.47. The number of sulfonamides is 2. The van der Waals surface area contributed by atoms with Crippen molar-refractivity contribution in [3.63, 3.8) is 0 Å². The van der Waals surface area contributed by atoms with Crippen LogP contribution >= 0.6 is 0 Å². The first kappa shape index (κ1) is 22.1. The third-order valence-electron chi connectivity index (χ3n) is 5.88. The summed E-state index contributed by atoms with van der Waals surface area (Å²) in [6.07, 6.45) is 6.02. The van der Waals surface area contributed by atoms with Crippen molar-refractivity contribution in [2.24, 2.45) is 0 Å². The Morgan fingerprint density at radius 3 is 1.97 bits per heavy atom. The Hall–Kier alpha value is -2.08. The van der Waals surface area contributed by atoms with Gasteiger partial charge >= 0.3 is 0 Å². The third kappa shape index (κ3) is 4.45. The van der Waals surface area contributed by atoms with Crippen LogP contribution in [0.5, 0.6) is 0 Å². The highest BCUT2D eigenvalue weighted by Crippen LogP contribution is 2.27. The summed E-state index contributed by atoms with van der Waals surface area (Å²) >= 11 is 0. The first-order valence-electron chi connectivity index (χ1n) is 10.4. The second-order valence-electron chi connectivity index (χ2n) is 7.87. The van der Waals surface area contributed by atoms with E-state index in [0.717, 1.165) is 19.3 Å². The Kier molecular flexibility index (Phi) is 6.29. The van der Waals surface area contributed by atoms with E-state index in [1.807, 2.05) is 11.8 Å². The fraction of sp³-hybridized carbons (Fsp3) is 0.500. The molecule has 1 aromatic heterocycles. The van der Waals surface area contributed by atoms with Gasteiger partial charge in [-0.25, -0.2) is 26.8 Å². The van der Waals surface area contributed by atoms with Crippen LogP contribution in [0.25, 0.3) is 0 Å². The molecule has 11 heteroatoms. The lowest BCUT2D eigenvalue weighted by molar-refractivity contribution is 0.268. The van der Waals surface area contributed by atoms with Crippen molar-refractivity contribution in [3.05, 3.63) is 42.7 Å². The summed E-state index contributed by atoms with van der Waals surface area (Å²) in [6.45, 7) is 4.01. The molecule has 3 heterocycles. The van der Waals surface area contributed by atoms with Crippen LogP contribution in [0.3, 0.4) is 0 Å². The molecule has 2 fully saturated rings. The van der Waals surface area contributed by atoms with Crippen molar-refractivity contribution in [1.82, 2.24) is 18.6 Å². The molecule has 9 nitrogen and oxygen atoms in total.